The summed E-state index contributed by atoms with van der Waals surface area (Å²) >= 11 is 1.31. The lowest BCUT2D eigenvalue weighted by atomic mass is 10.0. The summed E-state index contributed by atoms with van der Waals surface area (Å²) in [5, 5.41) is 0. The summed E-state index contributed by atoms with van der Waals surface area (Å²) in [7, 11) is 0. The first-order valence-corrected chi connectivity index (χ1v) is 11.5. The monoisotopic (exact) mass is 480 g/mol. The number of benzene rings is 3. The van der Waals surface area contributed by atoms with E-state index in [4.69, 9.17) is 0 Å². The van der Waals surface area contributed by atoms with Gasteiger partial charge in [-0.25, -0.2) is 13.8 Å². The van der Waals surface area contributed by atoms with Crippen molar-refractivity contribution in [3.05, 3.63) is 77.6 Å². The van der Waals surface area contributed by atoms with Crippen LogP contribution < -0.4 is 0 Å². The first-order chi connectivity index (χ1) is 15.2. The zero-order valence-corrected chi connectivity index (χ0v) is 18.4. The van der Waals surface area contributed by atoms with Crippen LogP contribution in [-0.4, -0.2) is 21.2 Å². The lowest BCUT2D eigenvalue weighted by Gasteiger charge is -2.12. The Morgan fingerprint density at radius 1 is 1.00 bits per heavy atom. The number of aromatic amines is 1. The Hall–Kier alpha value is -2.52. The van der Waals surface area contributed by atoms with Crippen LogP contribution in [0.2, 0.25) is 0 Å². The summed E-state index contributed by atoms with van der Waals surface area (Å²) in [5.74, 6) is -0.557. The van der Waals surface area contributed by atoms with Crippen LogP contribution in [0.15, 0.2) is 64.4 Å². The van der Waals surface area contributed by atoms with E-state index in [-0.39, 0.29) is 21.5 Å². The number of thioether (sulfide) groups is 2. The van der Waals surface area contributed by atoms with Crippen molar-refractivity contribution in [2.45, 2.75) is 28.6 Å². The second kappa shape index (κ2) is 9.15. The lowest BCUT2D eigenvalue weighted by molar-refractivity contribution is -0.0328. The molecule has 0 fully saturated rings. The largest absolute Gasteiger partial charge is 0.446 e. The Kier molecular flexibility index (Phi) is 6.48. The first-order valence-electron chi connectivity index (χ1n) is 9.68. The molecule has 3 aromatic carbocycles. The smallest absolute Gasteiger partial charge is 0.342 e. The van der Waals surface area contributed by atoms with Crippen molar-refractivity contribution < 1.29 is 22.0 Å². The van der Waals surface area contributed by atoms with E-state index in [2.05, 4.69) is 16.9 Å². The molecule has 32 heavy (non-hydrogen) atoms. The van der Waals surface area contributed by atoms with Crippen LogP contribution in [0.5, 0.6) is 0 Å². The molecule has 9 heteroatoms. The van der Waals surface area contributed by atoms with Gasteiger partial charge >= 0.3 is 5.51 Å². The van der Waals surface area contributed by atoms with Gasteiger partial charge in [-0.2, -0.15) is 13.2 Å². The van der Waals surface area contributed by atoms with Gasteiger partial charge in [0.2, 0.25) is 0 Å². The van der Waals surface area contributed by atoms with Crippen molar-refractivity contribution in [3.63, 3.8) is 0 Å². The number of imidazole rings is 1. The third-order valence-electron chi connectivity index (χ3n) is 4.71. The van der Waals surface area contributed by atoms with Crippen LogP contribution in [0.3, 0.4) is 0 Å². The van der Waals surface area contributed by atoms with Crippen molar-refractivity contribution in [3.8, 4) is 11.1 Å². The maximum atomic E-state index is 15.3. The number of hydrogen-bond donors (Lipinski definition) is 1. The maximum Gasteiger partial charge on any atom is 0.446 e. The molecule has 1 N–H and O–H groups in total. The van der Waals surface area contributed by atoms with Crippen LogP contribution in [0.4, 0.5) is 22.0 Å². The number of nitrogens with zero attached hydrogens (tertiary/aromatic N) is 1. The minimum absolute atomic E-state index is 0.110. The molecule has 0 saturated carbocycles. The number of halogens is 5. The first kappa shape index (κ1) is 22.7. The van der Waals surface area contributed by atoms with E-state index < -0.39 is 34.5 Å². The molecule has 0 radical (unpaired) electrons. The Labute approximate surface area is 189 Å². The molecule has 0 saturated heterocycles. The van der Waals surface area contributed by atoms with Gasteiger partial charge in [0.15, 0.2) is 5.82 Å². The molecule has 2 nitrogen and oxygen atoms in total. The van der Waals surface area contributed by atoms with Crippen LogP contribution in [0.1, 0.15) is 18.3 Å². The molecule has 0 aliphatic heterocycles. The van der Waals surface area contributed by atoms with Crippen molar-refractivity contribution >= 4 is 34.6 Å². The predicted octanol–water partition coefficient (Wildman–Crippen LogP) is 7.82. The summed E-state index contributed by atoms with van der Waals surface area (Å²) in [4.78, 5) is 8.04. The molecule has 0 aliphatic carbocycles. The van der Waals surface area contributed by atoms with Crippen molar-refractivity contribution in [1.82, 2.24) is 9.97 Å². The Bertz CT molecular complexity index is 1250. The van der Waals surface area contributed by atoms with Gasteiger partial charge in [0.25, 0.3) is 0 Å². The van der Waals surface area contributed by atoms with E-state index in [1.807, 2.05) is 24.3 Å². The lowest BCUT2D eigenvalue weighted by Crippen LogP contribution is -2.01. The van der Waals surface area contributed by atoms with E-state index in [0.717, 1.165) is 22.3 Å². The number of hydrogen-bond acceptors (Lipinski definition) is 3. The predicted molar refractivity (Wildman–Crippen MR) is 119 cm³/mol. The standard InChI is InChI=1S/C23H17F5N2S2/c1-2-31-14-9-7-13(8-10-14)11-19-29-17-12-16(24)20(21(25)22(17)30-19)15-5-3-4-6-18(15)32-23(26,27)28/h3-10,12H,2,11H2,1H3,(H,29,30). The number of rotatable bonds is 6. The fourth-order valence-corrected chi connectivity index (χ4v) is 4.75. The molecule has 0 aliphatic rings. The minimum Gasteiger partial charge on any atom is -0.342 e. The molecule has 166 valence electrons. The molecule has 0 spiro atoms. The molecular weight excluding hydrogens is 463 g/mol. The quantitative estimate of drug-likeness (QED) is 0.225. The van der Waals surface area contributed by atoms with E-state index in [1.165, 1.54) is 24.3 Å². The van der Waals surface area contributed by atoms with E-state index in [1.54, 1.807) is 11.8 Å². The molecule has 0 unspecified atom stereocenters. The molecule has 0 atom stereocenters. The highest BCUT2D eigenvalue weighted by atomic mass is 32.2. The van der Waals surface area contributed by atoms with Crippen LogP contribution in [-0.2, 0) is 6.42 Å². The average Bonchev–Trinajstić information content (AvgIpc) is 3.12. The number of fused-ring (bicyclic) bond motifs is 1. The van der Waals surface area contributed by atoms with Gasteiger partial charge < -0.3 is 4.98 Å². The fourth-order valence-electron chi connectivity index (χ4n) is 3.41. The van der Waals surface area contributed by atoms with Gasteiger partial charge in [-0.1, -0.05) is 37.3 Å². The summed E-state index contributed by atoms with van der Waals surface area (Å²) < 4.78 is 68.9. The molecule has 1 aromatic heterocycles. The van der Waals surface area contributed by atoms with Crippen molar-refractivity contribution in [2.24, 2.45) is 0 Å². The molecule has 0 amide bonds. The molecule has 1 heterocycles. The number of aromatic nitrogens is 2. The van der Waals surface area contributed by atoms with E-state index in [0.29, 0.717) is 12.2 Å². The van der Waals surface area contributed by atoms with Gasteiger partial charge in [0.1, 0.15) is 17.2 Å². The van der Waals surface area contributed by atoms with Gasteiger partial charge in [-0.15, -0.1) is 11.8 Å². The normalized spacial score (nSPS) is 11.9. The Morgan fingerprint density at radius 2 is 1.72 bits per heavy atom. The summed E-state index contributed by atoms with van der Waals surface area (Å²) in [6, 6.07) is 14.2. The highest BCUT2D eigenvalue weighted by Crippen LogP contribution is 2.43. The van der Waals surface area contributed by atoms with E-state index >= 15 is 4.39 Å². The third-order valence-corrected chi connectivity index (χ3v) is 6.41. The SMILES string of the molecule is CCSc1ccc(Cc2nc3c(F)c(-c4ccccc4SC(F)(F)F)c(F)cc3[nH]2)cc1. The summed E-state index contributed by atoms with van der Waals surface area (Å²) in [6.07, 6.45) is 0.378. The highest BCUT2D eigenvalue weighted by molar-refractivity contribution is 8.00. The number of nitrogens with one attached hydrogen (secondary N) is 1. The fraction of sp³-hybridized carbons (Fsp3) is 0.174. The van der Waals surface area contributed by atoms with Gasteiger partial charge in [-0.3, -0.25) is 0 Å². The zero-order chi connectivity index (χ0) is 22.9. The summed E-state index contributed by atoms with van der Waals surface area (Å²) in [6.45, 7) is 2.06. The maximum absolute atomic E-state index is 15.3. The van der Waals surface area contributed by atoms with Gasteiger partial charge in [0.05, 0.1) is 11.1 Å². The molecular formula is C23H17F5N2S2. The third kappa shape index (κ3) is 4.94. The second-order valence-corrected chi connectivity index (χ2v) is 9.37. The van der Waals surface area contributed by atoms with Crippen LogP contribution in [0, 0.1) is 11.6 Å². The van der Waals surface area contributed by atoms with Gasteiger partial charge in [0, 0.05) is 27.8 Å². The van der Waals surface area contributed by atoms with Crippen LogP contribution in [0.25, 0.3) is 22.2 Å². The molecule has 4 aromatic rings. The second-order valence-electron chi connectivity index (χ2n) is 6.92. The van der Waals surface area contributed by atoms with Crippen LogP contribution >= 0.6 is 23.5 Å². The number of alkyl halides is 3. The van der Waals surface area contributed by atoms with E-state index in [9.17, 15) is 17.6 Å². The van der Waals surface area contributed by atoms with Crippen molar-refractivity contribution in [2.75, 3.05) is 5.75 Å². The summed E-state index contributed by atoms with van der Waals surface area (Å²) in [5.41, 5.74) is -4.29. The average molecular weight is 481 g/mol. The number of H-pyrrole nitrogens is 1. The molecule has 4 rings (SSSR count). The Balaban J connectivity index is 1.72. The van der Waals surface area contributed by atoms with Gasteiger partial charge in [-0.05, 0) is 41.3 Å². The Morgan fingerprint density at radius 3 is 2.41 bits per heavy atom. The van der Waals surface area contributed by atoms with Crippen molar-refractivity contribution in [1.29, 1.82) is 0 Å². The minimum atomic E-state index is -4.59. The molecule has 0 bridgehead atoms. The highest BCUT2D eigenvalue weighted by Gasteiger charge is 2.31. The topological polar surface area (TPSA) is 28.7 Å². The zero-order valence-electron chi connectivity index (χ0n) is 16.8.